The lowest BCUT2D eigenvalue weighted by Crippen LogP contribution is -2.26. The Labute approximate surface area is 117 Å². The number of aliphatic hydroxyl groups is 1. The predicted octanol–water partition coefficient (Wildman–Crippen LogP) is 2.58. The third-order valence-corrected chi connectivity index (χ3v) is 4.00. The van der Waals surface area contributed by atoms with Crippen LogP contribution in [0.4, 0.5) is 0 Å². The Morgan fingerprint density at radius 1 is 1.32 bits per heavy atom. The highest BCUT2D eigenvalue weighted by molar-refractivity contribution is 5.27. The van der Waals surface area contributed by atoms with Gasteiger partial charge in [0.05, 0.1) is 5.69 Å². The first kappa shape index (κ1) is 16.2. The molecule has 2 N–H and O–H groups in total. The number of nitrogens with zero attached hydrogens (tertiary/aromatic N) is 2. The van der Waals surface area contributed by atoms with Gasteiger partial charge in [-0.2, -0.15) is 5.10 Å². The molecule has 19 heavy (non-hydrogen) atoms. The van der Waals surface area contributed by atoms with Crippen LogP contribution in [-0.2, 0) is 6.54 Å². The first-order valence-corrected chi connectivity index (χ1v) is 7.43. The molecule has 0 spiro atoms. The van der Waals surface area contributed by atoms with E-state index in [0.717, 1.165) is 31.6 Å². The molecule has 1 aromatic heterocycles. The normalized spacial score (nSPS) is 14.6. The molecule has 0 fully saturated rings. The third-order valence-electron chi connectivity index (χ3n) is 4.00. The minimum atomic E-state index is 0.278. The molecule has 0 aliphatic heterocycles. The molecule has 110 valence electrons. The van der Waals surface area contributed by atoms with Crippen molar-refractivity contribution in [2.75, 3.05) is 13.2 Å². The van der Waals surface area contributed by atoms with Crippen molar-refractivity contribution in [1.82, 2.24) is 15.1 Å². The van der Waals surface area contributed by atoms with Crippen molar-refractivity contribution in [3.63, 3.8) is 0 Å². The maximum Gasteiger partial charge on any atom is 0.0644 e. The van der Waals surface area contributed by atoms with Gasteiger partial charge in [-0.05, 0) is 46.6 Å². The molecule has 0 aliphatic rings. The summed E-state index contributed by atoms with van der Waals surface area (Å²) in [6.07, 6.45) is 1.98. The molecular formula is C15H29N3O. The van der Waals surface area contributed by atoms with Crippen molar-refractivity contribution < 1.29 is 5.11 Å². The summed E-state index contributed by atoms with van der Waals surface area (Å²) in [5, 5.41) is 17.2. The Morgan fingerprint density at radius 2 is 2.00 bits per heavy atom. The molecule has 0 saturated heterocycles. The third kappa shape index (κ3) is 4.05. The second kappa shape index (κ2) is 7.65. The smallest absolute Gasteiger partial charge is 0.0644 e. The summed E-state index contributed by atoms with van der Waals surface area (Å²) in [5.74, 6) is 0.550. The van der Waals surface area contributed by atoms with E-state index in [-0.39, 0.29) is 6.61 Å². The van der Waals surface area contributed by atoms with Gasteiger partial charge in [-0.25, -0.2) is 0 Å². The molecule has 0 saturated carbocycles. The van der Waals surface area contributed by atoms with E-state index in [1.54, 1.807) is 0 Å². The predicted molar refractivity (Wildman–Crippen MR) is 79.3 cm³/mol. The van der Waals surface area contributed by atoms with Crippen LogP contribution in [0.15, 0.2) is 0 Å². The second-order valence-corrected chi connectivity index (χ2v) is 5.32. The lowest BCUT2D eigenvalue weighted by molar-refractivity contribution is 0.249. The monoisotopic (exact) mass is 267 g/mol. The lowest BCUT2D eigenvalue weighted by Gasteiger charge is -2.19. The van der Waals surface area contributed by atoms with Gasteiger partial charge in [0.1, 0.15) is 0 Å². The van der Waals surface area contributed by atoms with Crippen molar-refractivity contribution in [3.05, 3.63) is 17.0 Å². The summed E-state index contributed by atoms with van der Waals surface area (Å²) in [6, 6.07) is 0.313. The van der Waals surface area contributed by atoms with Crippen LogP contribution in [0.25, 0.3) is 0 Å². The van der Waals surface area contributed by atoms with Gasteiger partial charge >= 0.3 is 0 Å². The van der Waals surface area contributed by atoms with Crippen LogP contribution in [0.3, 0.4) is 0 Å². The Kier molecular flexibility index (Phi) is 6.52. The highest BCUT2D eigenvalue weighted by Gasteiger charge is 2.17. The molecule has 0 radical (unpaired) electrons. The molecule has 4 heteroatoms. The topological polar surface area (TPSA) is 50.1 Å². The molecule has 2 atom stereocenters. The van der Waals surface area contributed by atoms with Gasteiger partial charge in [-0.15, -0.1) is 0 Å². The Morgan fingerprint density at radius 3 is 2.47 bits per heavy atom. The average molecular weight is 267 g/mol. The standard InChI is InChI=1S/C15H29N3O/c1-6-14(8-9-19)10-16-11(3)15-12(4)17-18(7-2)13(15)5/h11,14,16,19H,6-10H2,1-5H3. The zero-order chi connectivity index (χ0) is 14.4. The highest BCUT2D eigenvalue weighted by atomic mass is 16.3. The number of nitrogens with one attached hydrogen (secondary N) is 1. The Hall–Kier alpha value is -0.870. The van der Waals surface area contributed by atoms with Gasteiger partial charge in [0.25, 0.3) is 0 Å². The Balaban J connectivity index is 2.67. The van der Waals surface area contributed by atoms with Crippen LogP contribution in [0, 0.1) is 19.8 Å². The summed E-state index contributed by atoms with van der Waals surface area (Å²) in [6.45, 7) is 12.9. The van der Waals surface area contributed by atoms with Gasteiger partial charge in [0.2, 0.25) is 0 Å². The highest BCUT2D eigenvalue weighted by Crippen LogP contribution is 2.21. The molecule has 4 nitrogen and oxygen atoms in total. The summed E-state index contributed by atoms with van der Waals surface area (Å²) < 4.78 is 2.06. The van der Waals surface area contributed by atoms with Crippen molar-refractivity contribution >= 4 is 0 Å². The van der Waals surface area contributed by atoms with Crippen LogP contribution in [0.1, 0.15) is 56.6 Å². The zero-order valence-electron chi connectivity index (χ0n) is 13.0. The molecule has 2 unspecified atom stereocenters. The van der Waals surface area contributed by atoms with Crippen LogP contribution < -0.4 is 5.32 Å². The zero-order valence-corrected chi connectivity index (χ0v) is 13.0. The minimum Gasteiger partial charge on any atom is -0.396 e. The fourth-order valence-corrected chi connectivity index (χ4v) is 2.72. The van der Waals surface area contributed by atoms with E-state index in [1.165, 1.54) is 11.3 Å². The molecule has 1 rings (SSSR count). The summed E-state index contributed by atoms with van der Waals surface area (Å²) in [4.78, 5) is 0. The molecular weight excluding hydrogens is 238 g/mol. The van der Waals surface area contributed by atoms with Gasteiger partial charge in [0, 0.05) is 30.5 Å². The number of rotatable bonds is 8. The van der Waals surface area contributed by atoms with Gasteiger partial charge in [-0.1, -0.05) is 13.3 Å². The van der Waals surface area contributed by atoms with E-state index in [4.69, 9.17) is 5.11 Å². The summed E-state index contributed by atoms with van der Waals surface area (Å²) in [7, 11) is 0. The van der Waals surface area contributed by atoms with E-state index < -0.39 is 0 Å². The molecule has 0 aromatic carbocycles. The van der Waals surface area contributed by atoms with Crippen molar-refractivity contribution in [3.8, 4) is 0 Å². The first-order chi connectivity index (χ1) is 9.04. The number of aromatic nitrogens is 2. The number of aliphatic hydroxyl groups excluding tert-OH is 1. The van der Waals surface area contributed by atoms with E-state index in [0.29, 0.717) is 12.0 Å². The maximum absolute atomic E-state index is 9.03. The molecule has 1 heterocycles. The number of aryl methyl sites for hydroxylation is 2. The first-order valence-electron chi connectivity index (χ1n) is 7.43. The van der Waals surface area contributed by atoms with Crippen LogP contribution >= 0.6 is 0 Å². The summed E-state index contributed by atoms with van der Waals surface area (Å²) >= 11 is 0. The number of hydrogen-bond acceptors (Lipinski definition) is 3. The second-order valence-electron chi connectivity index (χ2n) is 5.32. The molecule has 1 aromatic rings. The largest absolute Gasteiger partial charge is 0.396 e. The molecule has 0 amide bonds. The van der Waals surface area contributed by atoms with Gasteiger partial charge in [0.15, 0.2) is 0 Å². The van der Waals surface area contributed by atoms with E-state index in [2.05, 4.69) is 49.7 Å². The minimum absolute atomic E-state index is 0.278. The fraction of sp³-hybridized carbons (Fsp3) is 0.800. The average Bonchev–Trinajstić information content (AvgIpc) is 2.68. The lowest BCUT2D eigenvalue weighted by atomic mass is 10.0. The van der Waals surface area contributed by atoms with Gasteiger partial charge in [-0.3, -0.25) is 4.68 Å². The SMILES string of the molecule is CCC(CCO)CNC(C)c1c(C)nn(CC)c1C. The van der Waals surface area contributed by atoms with E-state index in [1.807, 2.05) is 0 Å². The number of hydrogen-bond donors (Lipinski definition) is 2. The maximum atomic E-state index is 9.03. The molecule has 0 bridgehead atoms. The van der Waals surface area contributed by atoms with Crippen molar-refractivity contribution in [2.24, 2.45) is 5.92 Å². The van der Waals surface area contributed by atoms with E-state index in [9.17, 15) is 0 Å². The van der Waals surface area contributed by atoms with Crippen LogP contribution in [0.2, 0.25) is 0 Å². The Bertz CT molecular complexity index is 387. The van der Waals surface area contributed by atoms with Gasteiger partial charge < -0.3 is 10.4 Å². The van der Waals surface area contributed by atoms with Crippen molar-refractivity contribution in [1.29, 1.82) is 0 Å². The van der Waals surface area contributed by atoms with Crippen LogP contribution in [-0.4, -0.2) is 28.0 Å². The van der Waals surface area contributed by atoms with E-state index >= 15 is 0 Å². The van der Waals surface area contributed by atoms with Crippen molar-refractivity contribution in [2.45, 2.75) is 60.0 Å². The summed E-state index contributed by atoms with van der Waals surface area (Å²) in [5.41, 5.74) is 3.70. The fourth-order valence-electron chi connectivity index (χ4n) is 2.72. The van der Waals surface area contributed by atoms with Crippen LogP contribution in [0.5, 0.6) is 0 Å². The molecule has 0 aliphatic carbocycles. The quantitative estimate of drug-likeness (QED) is 0.761.